The number of benzene rings is 3. The number of nitro groups is 1. The van der Waals surface area contributed by atoms with Crippen molar-refractivity contribution in [2.75, 3.05) is 13.2 Å². The Hall–Kier alpha value is -3.27. The zero-order valence-electron chi connectivity index (χ0n) is 20.2. The average molecular weight is 511 g/mol. The SMILES string of the molecule is Cc1cc(CS(=O)(=O)c2ccc([N+](=O)[O-])cc2)cc(OCc2ccc(CN3CCC[C@@H]3CO)cc2)c1. The Labute approximate surface area is 211 Å². The summed E-state index contributed by atoms with van der Waals surface area (Å²) in [6.45, 7) is 4.24. The normalized spacial score (nSPS) is 16.2. The van der Waals surface area contributed by atoms with Gasteiger partial charge in [-0.2, -0.15) is 0 Å². The minimum absolute atomic E-state index is 0.0383. The number of likely N-dealkylation sites (tertiary alicyclic amines) is 1. The molecule has 1 aliphatic rings. The fraction of sp³-hybridized carbons (Fsp3) is 0.333. The highest BCUT2D eigenvalue weighted by molar-refractivity contribution is 7.90. The minimum atomic E-state index is -3.68. The van der Waals surface area contributed by atoms with E-state index in [2.05, 4.69) is 17.0 Å². The molecule has 0 radical (unpaired) electrons. The topological polar surface area (TPSA) is 110 Å². The Morgan fingerprint density at radius 1 is 1.03 bits per heavy atom. The van der Waals surface area contributed by atoms with Gasteiger partial charge in [-0.1, -0.05) is 30.3 Å². The number of nitrogens with zero attached hydrogens (tertiary/aromatic N) is 2. The average Bonchev–Trinajstić information content (AvgIpc) is 3.30. The number of aliphatic hydroxyl groups is 1. The summed E-state index contributed by atoms with van der Waals surface area (Å²) in [5.41, 5.74) is 3.50. The summed E-state index contributed by atoms with van der Waals surface area (Å²) in [6, 6.07) is 18.7. The number of aryl methyl sites for hydroxylation is 1. The molecular weight excluding hydrogens is 480 g/mol. The van der Waals surface area contributed by atoms with Gasteiger partial charge in [0.2, 0.25) is 0 Å². The van der Waals surface area contributed by atoms with Crippen molar-refractivity contribution in [1.29, 1.82) is 0 Å². The van der Waals surface area contributed by atoms with Crippen LogP contribution in [0.5, 0.6) is 5.75 Å². The third kappa shape index (κ3) is 6.48. The van der Waals surface area contributed by atoms with E-state index < -0.39 is 14.8 Å². The number of hydrogen-bond acceptors (Lipinski definition) is 7. The zero-order chi connectivity index (χ0) is 25.7. The summed E-state index contributed by atoms with van der Waals surface area (Å²) < 4.78 is 31.7. The van der Waals surface area contributed by atoms with Gasteiger partial charge in [0.25, 0.3) is 5.69 Å². The van der Waals surface area contributed by atoms with Crippen molar-refractivity contribution in [2.45, 2.75) is 49.6 Å². The lowest BCUT2D eigenvalue weighted by molar-refractivity contribution is -0.384. The van der Waals surface area contributed by atoms with E-state index in [9.17, 15) is 23.6 Å². The first-order chi connectivity index (χ1) is 17.2. The van der Waals surface area contributed by atoms with Crippen LogP contribution in [0, 0.1) is 17.0 Å². The number of nitro benzene ring substituents is 1. The van der Waals surface area contributed by atoms with Gasteiger partial charge in [-0.3, -0.25) is 15.0 Å². The predicted octanol–water partition coefficient (Wildman–Crippen LogP) is 4.41. The molecule has 0 bridgehead atoms. The Kier molecular flexibility index (Phi) is 8.03. The lowest BCUT2D eigenvalue weighted by Gasteiger charge is -2.22. The maximum Gasteiger partial charge on any atom is 0.269 e. The van der Waals surface area contributed by atoms with Gasteiger partial charge in [-0.05, 0) is 72.8 Å². The number of non-ortho nitro benzene ring substituents is 1. The van der Waals surface area contributed by atoms with E-state index in [-0.39, 0.29) is 29.0 Å². The van der Waals surface area contributed by atoms with E-state index in [4.69, 9.17) is 4.74 Å². The summed E-state index contributed by atoms with van der Waals surface area (Å²) in [6.07, 6.45) is 2.15. The van der Waals surface area contributed by atoms with Crippen LogP contribution in [0.4, 0.5) is 5.69 Å². The first-order valence-corrected chi connectivity index (χ1v) is 13.5. The van der Waals surface area contributed by atoms with Gasteiger partial charge in [0.1, 0.15) is 12.4 Å². The first kappa shape index (κ1) is 25.8. The molecule has 0 unspecified atom stereocenters. The smallest absolute Gasteiger partial charge is 0.269 e. The van der Waals surface area contributed by atoms with Crippen molar-refractivity contribution in [3.05, 3.63) is 99.1 Å². The highest BCUT2D eigenvalue weighted by Gasteiger charge is 2.23. The standard InChI is InChI=1S/C27H30N2O6S/c1-20-13-23(19-36(33,34)27-10-8-24(9-11-27)29(31)32)15-26(14-20)35-18-22-6-4-21(5-7-22)16-28-12-2-3-25(28)17-30/h4-11,13-15,25,30H,2-3,12,16-19H2,1H3/t25-/m1/s1. The van der Waals surface area contributed by atoms with Crippen LogP contribution in [0.25, 0.3) is 0 Å². The Bertz CT molecular complexity index is 1310. The van der Waals surface area contributed by atoms with Crippen LogP contribution >= 0.6 is 0 Å². The second kappa shape index (κ2) is 11.2. The van der Waals surface area contributed by atoms with Gasteiger partial charge < -0.3 is 9.84 Å². The third-order valence-corrected chi connectivity index (χ3v) is 8.10. The quantitative estimate of drug-likeness (QED) is 0.318. The van der Waals surface area contributed by atoms with Crippen molar-refractivity contribution < 1.29 is 23.2 Å². The second-order valence-electron chi connectivity index (χ2n) is 9.22. The molecule has 0 amide bonds. The van der Waals surface area contributed by atoms with Crippen LogP contribution in [-0.2, 0) is 28.7 Å². The van der Waals surface area contributed by atoms with E-state index in [1.165, 1.54) is 29.8 Å². The molecule has 9 heteroatoms. The summed E-state index contributed by atoms with van der Waals surface area (Å²) in [5.74, 6) is 0.346. The molecule has 0 saturated carbocycles. The van der Waals surface area contributed by atoms with E-state index in [0.717, 1.165) is 37.1 Å². The summed E-state index contributed by atoms with van der Waals surface area (Å²) in [7, 11) is -3.68. The highest BCUT2D eigenvalue weighted by Crippen LogP contribution is 2.24. The van der Waals surface area contributed by atoms with Crippen molar-refractivity contribution in [2.24, 2.45) is 0 Å². The van der Waals surface area contributed by atoms with Gasteiger partial charge in [0, 0.05) is 24.7 Å². The van der Waals surface area contributed by atoms with Crippen LogP contribution < -0.4 is 4.74 Å². The number of sulfone groups is 1. The highest BCUT2D eigenvalue weighted by atomic mass is 32.2. The van der Waals surface area contributed by atoms with Gasteiger partial charge in [0.15, 0.2) is 9.84 Å². The fourth-order valence-electron chi connectivity index (χ4n) is 4.52. The molecule has 36 heavy (non-hydrogen) atoms. The number of hydrogen-bond donors (Lipinski definition) is 1. The maximum atomic E-state index is 12.9. The Morgan fingerprint density at radius 3 is 2.39 bits per heavy atom. The summed E-state index contributed by atoms with van der Waals surface area (Å²) >= 11 is 0. The summed E-state index contributed by atoms with van der Waals surface area (Å²) in [5, 5.41) is 20.3. The molecule has 3 aromatic rings. The lowest BCUT2D eigenvalue weighted by Crippen LogP contribution is -2.31. The van der Waals surface area contributed by atoms with Crippen LogP contribution in [0.3, 0.4) is 0 Å². The van der Waals surface area contributed by atoms with Crippen LogP contribution in [0.2, 0.25) is 0 Å². The van der Waals surface area contributed by atoms with Crippen LogP contribution in [0.15, 0.2) is 71.6 Å². The number of rotatable bonds is 10. The van der Waals surface area contributed by atoms with E-state index in [0.29, 0.717) is 17.9 Å². The van der Waals surface area contributed by atoms with Crippen LogP contribution in [0.1, 0.15) is 35.1 Å². The van der Waals surface area contributed by atoms with Crippen molar-refractivity contribution in [3.8, 4) is 5.75 Å². The predicted molar refractivity (Wildman–Crippen MR) is 136 cm³/mol. The first-order valence-electron chi connectivity index (χ1n) is 11.9. The van der Waals surface area contributed by atoms with E-state index in [1.54, 1.807) is 12.1 Å². The van der Waals surface area contributed by atoms with Gasteiger partial charge >= 0.3 is 0 Å². The zero-order valence-corrected chi connectivity index (χ0v) is 21.0. The van der Waals surface area contributed by atoms with Gasteiger partial charge in [-0.25, -0.2) is 8.42 Å². The molecule has 1 fully saturated rings. The molecule has 0 aromatic heterocycles. The van der Waals surface area contributed by atoms with Crippen molar-refractivity contribution in [1.82, 2.24) is 4.90 Å². The molecule has 1 saturated heterocycles. The molecule has 8 nitrogen and oxygen atoms in total. The Morgan fingerprint density at radius 2 is 1.72 bits per heavy atom. The monoisotopic (exact) mass is 510 g/mol. The molecule has 0 aliphatic carbocycles. The summed E-state index contributed by atoms with van der Waals surface area (Å²) in [4.78, 5) is 12.6. The molecule has 1 atom stereocenters. The van der Waals surface area contributed by atoms with E-state index >= 15 is 0 Å². The van der Waals surface area contributed by atoms with Gasteiger partial charge in [0.05, 0.1) is 22.2 Å². The molecule has 0 spiro atoms. The molecular formula is C27H30N2O6S. The largest absolute Gasteiger partial charge is 0.489 e. The minimum Gasteiger partial charge on any atom is -0.489 e. The molecule has 1 aliphatic heterocycles. The van der Waals surface area contributed by atoms with E-state index in [1.807, 2.05) is 25.1 Å². The lowest BCUT2D eigenvalue weighted by atomic mass is 10.1. The number of ether oxygens (including phenoxy) is 1. The third-order valence-electron chi connectivity index (χ3n) is 6.40. The van der Waals surface area contributed by atoms with Crippen LogP contribution in [-0.4, -0.2) is 42.5 Å². The maximum absolute atomic E-state index is 12.9. The molecule has 190 valence electrons. The molecule has 1 N–H and O–H groups in total. The van der Waals surface area contributed by atoms with Crippen molar-refractivity contribution in [3.63, 3.8) is 0 Å². The van der Waals surface area contributed by atoms with Gasteiger partial charge in [-0.15, -0.1) is 0 Å². The second-order valence-corrected chi connectivity index (χ2v) is 11.2. The molecule has 1 heterocycles. The number of aliphatic hydroxyl groups excluding tert-OH is 1. The molecule has 4 rings (SSSR count). The Balaban J connectivity index is 1.38. The van der Waals surface area contributed by atoms with Crippen molar-refractivity contribution >= 4 is 15.5 Å². The molecule has 3 aromatic carbocycles. The fourth-order valence-corrected chi connectivity index (χ4v) is 5.84.